The summed E-state index contributed by atoms with van der Waals surface area (Å²) in [7, 11) is 3.19. The van der Waals surface area contributed by atoms with E-state index in [1.165, 1.54) is 24.6 Å². The number of nitrogens with zero attached hydrogens (tertiary/aromatic N) is 4. The molecule has 0 aliphatic carbocycles. The Balaban J connectivity index is 1.52. The summed E-state index contributed by atoms with van der Waals surface area (Å²) >= 11 is 1.30. The third kappa shape index (κ3) is 7.48. The second-order valence-electron chi connectivity index (χ2n) is 7.83. The van der Waals surface area contributed by atoms with Crippen molar-refractivity contribution in [3.8, 4) is 28.6 Å². The zero-order valence-electron chi connectivity index (χ0n) is 21.2. The number of methoxy groups -OCH3 is 2. The highest BCUT2D eigenvalue weighted by Crippen LogP contribution is 2.32. The first-order valence-electron chi connectivity index (χ1n) is 11.9. The minimum Gasteiger partial charge on any atom is -0.494 e. The monoisotopic (exact) mass is 511 g/mol. The van der Waals surface area contributed by atoms with E-state index >= 15 is 0 Å². The van der Waals surface area contributed by atoms with Gasteiger partial charge in [0.15, 0.2) is 22.5 Å². The number of hydrogen-bond acceptors (Lipinski definition) is 8. The number of rotatable bonds is 14. The molecule has 3 aromatic rings. The van der Waals surface area contributed by atoms with Gasteiger partial charge in [-0.3, -0.25) is 4.79 Å². The van der Waals surface area contributed by atoms with Crippen molar-refractivity contribution in [3.05, 3.63) is 48.0 Å². The predicted octanol–water partition coefficient (Wildman–Crippen LogP) is 4.79. The minimum atomic E-state index is -0.231. The van der Waals surface area contributed by atoms with Crippen LogP contribution in [0, 0.1) is 0 Å². The third-order valence-corrected chi connectivity index (χ3v) is 6.27. The Hall–Kier alpha value is -3.53. The van der Waals surface area contributed by atoms with Crippen LogP contribution in [0.25, 0.3) is 11.4 Å². The van der Waals surface area contributed by atoms with Crippen molar-refractivity contribution >= 4 is 23.9 Å². The summed E-state index contributed by atoms with van der Waals surface area (Å²) in [4.78, 5) is 12.3. The van der Waals surface area contributed by atoms with Crippen LogP contribution in [0.3, 0.4) is 0 Å². The quantitative estimate of drug-likeness (QED) is 0.144. The van der Waals surface area contributed by atoms with Crippen LogP contribution in [0.15, 0.2) is 52.7 Å². The average molecular weight is 512 g/mol. The number of benzene rings is 2. The maximum absolute atomic E-state index is 12.3. The van der Waals surface area contributed by atoms with Gasteiger partial charge >= 0.3 is 0 Å². The van der Waals surface area contributed by atoms with Crippen LogP contribution in [0.4, 0.5) is 0 Å². The zero-order chi connectivity index (χ0) is 25.8. The highest BCUT2D eigenvalue weighted by Gasteiger charge is 2.16. The van der Waals surface area contributed by atoms with E-state index in [-0.39, 0.29) is 11.7 Å². The summed E-state index contributed by atoms with van der Waals surface area (Å²) in [6.45, 7) is 5.54. The molecule has 0 aliphatic rings. The SMILES string of the molecule is CCCCCOc1ccc(C=NNC(=O)CSc2nnc(-c3ccc(OC)c(OC)c3)n2CC)cc1. The van der Waals surface area contributed by atoms with Crippen molar-refractivity contribution in [1.29, 1.82) is 0 Å². The highest BCUT2D eigenvalue weighted by atomic mass is 32.2. The molecule has 1 heterocycles. The number of carbonyl (C=O) groups is 1. The molecule has 1 amide bonds. The number of carbonyl (C=O) groups excluding carboxylic acids is 1. The Morgan fingerprint density at radius 2 is 1.83 bits per heavy atom. The van der Waals surface area contributed by atoms with E-state index in [9.17, 15) is 4.79 Å². The maximum Gasteiger partial charge on any atom is 0.250 e. The van der Waals surface area contributed by atoms with Crippen molar-refractivity contribution in [2.24, 2.45) is 5.10 Å². The molecular formula is C26H33N5O4S. The molecule has 36 heavy (non-hydrogen) atoms. The molecule has 1 aromatic heterocycles. The lowest BCUT2D eigenvalue weighted by atomic mass is 10.2. The van der Waals surface area contributed by atoms with Crippen LogP contribution < -0.4 is 19.6 Å². The number of thioether (sulfide) groups is 1. The van der Waals surface area contributed by atoms with E-state index in [1.54, 1.807) is 20.4 Å². The number of unbranched alkanes of at least 4 members (excludes halogenated alkanes) is 2. The van der Waals surface area contributed by atoms with Gasteiger partial charge in [0.05, 0.1) is 32.8 Å². The predicted molar refractivity (Wildman–Crippen MR) is 142 cm³/mol. The van der Waals surface area contributed by atoms with Crippen LogP contribution in [0.1, 0.15) is 38.7 Å². The maximum atomic E-state index is 12.3. The van der Waals surface area contributed by atoms with Crippen LogP contribution in [-0.4, -0.2) is 53.5 Å². The summed E-state index contributed by atoms with van der Waals surface area (Å²) in [5.74, 6) is 2.70. The molecule has 1 N–H and O–H groups in total. The second kappa shape index (κ2) is 14.1. The largest absolute Gasteiger partial charge is 0.494 e. The molecule has 0 radical (unpaired) electrons. The van der Waals surface area contributed by atoms with E-state index in [2.05, 4.69) is 27.6 Å². The Labute approximate surface area is 216 Å². The van der Waals surface area contributed by atoms with Gasteiger partial charge in [0.2, 0.25) is 0 Å². The van der Waals surface area contributed by atoms with Crippen molar-refractivity contribution in [2.45, 2.75) is 44.8 Å². The van der Waals surface area contributed by atoms with Gasteiger partial charge in [0.25, 0.3) is 5.91 Å². The molecule has 0 aliphatic heterocycles. The fourth-order valence-electron chi connectivity index (χ4n) is 3.40. The molecule has 10 heteroatoms. The lowest BCUT2D eigenvalue weighted by Crippen LogP contribution is -2.20. The number of aromatic nitrogens is 3. The normalized spacial score (nSPS) is 11.0. The summed E-state index contributed by atoms with van der Waals surface area (Å²) in [6, 6.07) is 13.2. The Bertz CT molecular complexity index is 1150. The first kappa shape index (κ1) is 27.1. The van der Waals surface area contributed by atoms with Gasteiger partial charge in [-0.05, 0) is 61.4 Å². The van der Waals surface area contributed by atoms with Gasteiger partial charge in [0, 0.05) is 12.1 Å². The fourth-order valence-corrected chi connectivity index (χ4v) is 4.20. The summed E-state index contributed by atoms with van der Waals surface area (Å²) in [6.07, 6.45) is 4.99. The number of nitrogens with one attached hydrogen (secondary N) is 1. The molecule has 9 nitrogen and oxygen atoms in total. The molecule has 0 bridgehead atoms. The lowest BCUT2D eigenvalue weighted by Gasteiger charge is -2.10. The highest BCUT2D eigenvalue weighted by molar-refractivity contribution is 7.99. The van der Waals surface area contributed by atoms with Gasteiger partial charge in [-0.15, -0.1) is 10.2 Å². The van der Waals surface area contributed by atoms with Crippen molar-refractivity contribution < 1.29 is 19.0 Å². The minimum absolute atomic E-state index is 0.159. The van der Waals surface area contributed by atoms with Crippen LogP contribution >= 0.6 is 11.8 Å². The molecule has 0 spiro atoms. The van der Waals surface area contributed by atoms with Crippen LogP contribution in [0.5, 0.6) is 17.2 Å². The number of ether oxygens (including phenoxy) is 3. The second-order valence-corrected chi connectivity index (χ2v) is 8.77. The fraction of sp³-hybridized carbons (Fsp3) is 0.385. The van der Waals surface area contributed by atoms with E-state index in [0.29, 0.717) is 29.0 Å². The van der Waals surface area contributed by atoms with Gasteiger partial charge < -0.3 is 18.8 Å². The molecule has 0 atom stereocenters. The topological polar surface area (TPSA) is 99.9 Å². The van der Waals surface area contributed by atoms with Gasteiger partial charge in [0.1, 0.15) is 5.75 Å². The number of hydrazone groups is 1. The van der Waals surface area contributed by atoms with Gasteiger partial charge in [-0.2, -0.15) is 5.10 Å². The Morgan fingerprint density at radius 1 is 1.06 bits per heavy atom. The molecule has 0 saturated heterocycles. The Kier molecular flexibility index (Phi) is 10.6. The van der Waals surface area contributed by atoms with Gasteiger partial charge in [-0.1, -0.05) is 31.5 Å². The van der Waals surface area contributed by atoms with Crippen LogP contribution in [0.2, 0.25) is 0 Å². The van der Waals surface area contributed by atoms with E-state index in [1.807, 2.05) is 54.0 Å². The molecular weight excluding hydrogens is 478 g/mol. The summed E-state index contributed by atoms with van der Waals surface area (Å²) in [5.41, 5.74) is 4.28. The average Bonchev–Trinajstić information content (AvgIpc) is 3.33. The summed E-state index contributed by atoms with van der Waals surface area (Å²) < 4.78 is 18.4. The number of hydrogen-bond donors (Lipinski definition) is 1. The smallest absolute Gasteiger partial charge is 0.250 e. The Morgan fingerprint density at radius 3 is 2.53 bits per heavy atom. The van der Waals surface area contributed by atoms with E-state index in [0.717, 1.165) is 29.9 Å². The zero-order valence-corrected chi connectivity index (χ0v) is 22.0. The van der Waals surface area contributed by atoms with Gasteiger partial charge in [-0.25, -0.2) is 5.43 Å². The standard InChI is InChI=1S/C26H33N5O4S/c1-5-7-8-15-35-21-12-9-19(10-13-21)17-27-28-24(32)18-36-26-30-29-25(31(26)6-2)20-11-14-22(33-3)23(16-20)34-4/h9-14,16-17H,5-8,15,18H2,1-4H3,(H,28,32). The third-order valence-electron chi connectivity index (χ3n) is 5.31. The van der Waals surface area contributed by atoms with E-state index < -0.39 is 0 Å². The molecule has 2 aromatic carbocycles. The molecule has 0 fully saturated rings. The van der Waals surface area contributed by atoms with E-state index in [4.69, 9.17) is 14.2 Å². The van der Waals surface area contributed by atoms with Crippen molar-refractivity contribution in [3.63, 3.8) is 0 Å². The van der Waals surface area contributed by atoms with Crippen molar-refractivity contribution in [2.75, 3.05) is 26.6 Å². The molecule has 3 rings (SSSR count). The number of amides is 1. The molecule has 192 valence electrons. The summed E-state index contributed by atoms with van der Waals surface area (Å²) in [5, 5.41) is 13.3. The first-order valence-corrected chi connectivity index (χ1v) is 12.9. The van der Waals surface area contributed by atoms with Crippen LogP contribution in [-0.2, 0) is 11.3 Å². The lowest BCUT2D eigenvalue weighted by molar-refractivity contribution is -0.118. The van der Waals surface area contributed by atoms with Crippen molar-refractivity contribution in [1.82, 2.24) is 20.2 Å². The first-order chi connectivity index (χ1) is 17.6. The molecule has 0 unspecified atom stereocenters. The molecule has 0 saturated carbocycles.